The number of benzene rings is 4. The minimum absolute atomic E-state index is 0. The van der Waals surface area contributed by atoms with Crippen LogP contribution in [0.4, 0.5) is 0 Å². The SMILES string of the molecule is O=C(NCCc1ccc(Cl)cc1Oc1cccc(Cl)c1)c1ccc(Oc2cc3c(cc2Cl)C(C(=O)[O-])CCO3)cc1.[Na+]. The maximum absolute atomic E-state index is 12.8. The molecule has 0 aliphatic carbocycles. The number of hydrogen-bond donors (Lipinski definition) is 1. The van der Waals surface area contributed by atoms with Crippen LogP contribution in [0.1, 0.15) is 33.8 Å². The van der Waals surface area contributed by atoms with E-state index in [0.29, 0.717) is 69.3 Å². The Morgan fingerprint density at radius 3 is 2.36 bits per heavy atom. The van der Waals surface area contributed by atoms with Crippen LogP contribution in [0.3, 0.4) is 0 Å². The summed E-state index contributed by atoms with van der Waals surface area (Å²) in [6.07, 6.45) is 0.824. The van der Waals surface area contributed by atoms with Crippen molar-refractivity contribution >= 4 is 46.7 Å². The third-order valence-electron chi connectivity index (χ3n) is 6.47. The molecule has 7 nitrogen and oxygen atoms in total. The second-order valence-corrected chi connectivity index (χ2v) is 10.6. The summed E-state index contributed by atoms with van der Waals surface area (Å²) in [5, 5.41) is 15.7. The zero-order chi connectivity index (χ0) is 28.9. The molecule has 1 atom stereocenters. The van der Waals surface area contributed by atoms with E-state index in [0.717, 1.165) is 5.56 Å². The summed E-state index contributed by atoms with van der Waals surface area (Å²) >= 11 is 18.6. The molecule has 0 aromatic heterocycles. The van der Waals surface area contributed by atoms with Crippen LogP contribution in [-0.2, 0) is 11.2 Å². The Morgan fingerprint density at radius 2 is 1.62 bits per heavy atom. The van der Waals surface area contributed by atoms with Crippen molar-refractivity contribution in [2.24, 2.45) is 0 Å². The molecule has 5 rings (SSSR count). The molecular formula is C31H23Cl3NNaO6. The maximum atomic E-state index is 12.8. The Morgan fingerprint density at radius 1 is 0.881 bits per heavy atom. The molecule has 0 saturated heterocycles. The minimum Gasteiger partial charge on any atom is -0.549 e. The van der Waals surface area contributed by atoms with Gasteiger partial charge in [0.15, 0.2) is 0 Å². The van der Waals surface area contributed by atoms with Crippen LogP contribution >= 0.6 is 34.8 Å². The molecule has 11 heteroatoms. The molecule has 0 fully saturated rings. The van der Waals surface area contributed by atoms with Gasteiger partial charge in [-0.1, -0.05) is 46.9 Å². The smallest absolute Gasteiger partial charge is 0.549 e. The van der Waals surface area contributed by atoms with Crippen LogP contribution in [0, 0.1) is 0 Å². The Labute approximate surface area is 279 Å². The summed E-state index contributed by atoms with van der Waals surface area (Å²) < 4.78 is 17.5. The number of carboxylic acids is 1. The number of amides is 1. The fourth-order valence-corrected chi connectivity index (χ4v) is 4.97. The molecule has 4 aromatic carbocycles. The van der Waals surface area contributed by atoms with Crippen LogP contribution in [0.2, 0.25) is 15.1 Å². The minimum atomic E-state index is -1.17. The van der Waals surface area contributed by atoms with Crippen molar-refractivity contribution in [3.05, 3.63) is 111 Å². The van der Waals surface area contributed by atoms with Gasteiger partial charge in [0.1, 0.15) is 28.7 Å². The maximum Gasteiger partial charge on any atom is 1.00 e. The van der Waals surface area contributed by atoms with E-state index in [1.54, 1.807) is 66.7 Å². The van der Waals surface area contributed by atoms with E-state index < -0.39 is 11.9 Å². The molecule has 210 valence electrons. The van der Waals surface area contributed by atoms with Crippen LogP contribution in [-0.4, -0.2) is 25.0 Å². The average molecular weight is 635 g/mol. The third-order valence-corrected chi connectivity index (χ3v) is 7.23. The summed E-state index contributed by atoms with van der Waals surface area (Å²) in [6, 6.07) is 22.1. The van der Waals surface area contributed by atoms with E-state index in [9.17, 15) is 14.7 Å². The summed E-state index contributed by atoms with van der Waals surface area (Å²) in [5.41, 5.74) is 1.78. The molecule has 0 saturated carbocycles. The largest absolute Gasteiger partial charge is 1.00 e. The second kappa shape index (κ2) is 14.5. The Kier molecular flexibility index (Phi) is 11.1. The first-order valence-electron chi connectivity index (χ1n) is 12.7. The number of carboxylic acid groups (broad SMARTS) is 1. The van der Waals surface area contributed by atoms with Gasteiger partial charge in [0, 0.05) is 45.7 Å². The van der Waals surface area contributed by atoms with Crippen LogP contribution in [0.25, 0.3) is 0 Å². The molecule has 1 aliphatic heterocycles. The number of halogens is 3. The molecule has 0 bridgehead atoms. The molecule has 1 aliphatic rings. The van der Waals surface area contributed by atoms with Gasteiger partial charge in [-0.2, -0.15) is 0 Å². The van der Waals surface area contributed by atoms with E-state index in [1.807, 2.05) is 6.07 Å². The van der Waals surface area contributed by atoms with Crippen LogP contribution in [0.5, 0.6) is 28.7 Å². The van der Waals surface area contributed by atoms with Crippen molar-refractivity contribution in [2.75, 3.05) is 13.2 Å². The molecule has 1 amide bonds. The standard InChI is InChI=1S/C31H24Cl3NO6.Na/c32-20-2-1-3-23(14-20)41-27-15-21(33)7-4-18(27)10-12-35-30(36)19-5-8-22(9-6-19)40-29-17-28-25(16-26(29)34)24(31(37)38)11-13-39-28;/h1-9,14-17,24H,10-13H2,(H,35,36)(H,37,38);/q;+1/p-1. The molecule has 42 heavy (non-hydrogen) atoms. The first kappa shape index (κ1) is 32.0. The number of carbonyl (C=O) groups excluding carboxylic acids is 2. The molecule has 1 unspecified atom stereocenters. The fourth-order valence-electron chi connectivity index (χ4n) is 4.41. The molecule has 1 heterocycles. The van der Waals surface area contributed by atoms with E-state index in [1.165, 1.54) is 6.07 Å². The van der Waals surface area contributed by atoms with Crippen molar-refractivity contribution in [3.8, 4) is 28.7 Å². The zero-order valence-electron chi connectivity index (χ0n) is 22.5. The first-order valence-corrected chi connectivity index (χ1v) is 13.9. The van der Waals surface area contributed by atoms with Gasteiger partial charge in [-0.05, 0) is 79.1 Å². The number of aliphatic carboxylic acids is 1. The number of fused-ring (bicyclic) bond motifs is 1. The van der Waals surface area contributed by atoms with E-state index in [2.05, 4.69) is 5.32 Å². The molecule has 4 aromatic rings. The molecule has 0 radical (unpaired) electrons. The predicted molar refractivity (Wildman–Crippen MR) is 155 cm³/mol. The monoisotopic (exact) mass is 633 g/mol. The second-order valence-electron chi connectivity index (χ2n) is 9.27. The number of ether oxygens (including phenoxy) is 3. The van der Waals surface area contributed by atoms with Crippen molar-refractivity contribution in [2.45, 2.75) is 18.8 Å². The van der Waals surface area contributed by atoms with Gasteiger partial charge in [0.25, 0.3) is 5.91 Å². The quantitative estimate of drug-likeness (QED) is 0.281. The van der Waals surface area contributed by atoms with E-state index >= 15 is 0 Å². The van der Waals surface area contributed by atoms with Crippen molar-refractivity contribution < 1.29 is 58.5 Å². The van der Waals surface area contributed by atoms with E-state index in [-0.39, 0.29) is 47.1 Å². The Balaban J connectivity index is 0.00000405. The summed E-state index contributed by atoms with van der Waals surface area (Å²) in [5.74, 6) is 0.0896. The van der Waals surface area contributed by atoms with Gasteiger partial charge in [-0.15, -0.1) is 0 Å². The Hall–Kier alpha value is -2.91. The summed E-state index contributed by atoms with van der Waals surface area (Å²) in [4.78, 5) is 24.2. The van der Waals surface area contributed by atoms with Gasteiger partial charge in [-0.3, -0.25) is 4.79 Å². The van der Waals surface area contributed by atoms with Crippen LogP contribution in [0.15, 0.2) is 78.9 Å². The zero-order valence-corrected chi connectivity index (χ0v) is 26.8. The Bertz CT molecular complexity index is 1600. The van der Waals surface area contributed by atoms with Gasteiger partial charge in [0.05, 0.1) is 11.6 Å². The van der Waals surface area contributed by atoms with Gasteiger partial charge < -0.3 is 29.4 Å². The first-order chi connectivity index (χ1) is 19.8. The topological polar surface area (TPSA) is 96.9 Å². The average Bonchev–Trinajstić information content (AvgIpc) is 2.94. The molecule has 0 spiro atoms. The predicted octanol–water partition coefficient (Wildman–Crippen LogP) is 3.82. The normalized spacial score (nSPS) is 13.6. The van der Waals surface area contributed by atoms with Gasteiger partial charge in [-0.25, -0.2) is 0 Å². The summed E-state index contributed by atoms with van der Waals surface area (Å²) in [7, 11) is 0. The fraction of sp³-hybridized carbons (Fsp3) is 0.161. The van der Waals surface area contributed by atoms with E-state index in [4.69, 9.17) is 49.0 Å². The number of rotatable bonds is 9. The number of nitrogens with one attached hydrogen (secondary N) is 1. The number of carbonyl (C=O) groups is 2. The van der Waals surface area contributed by atoms with Gasteiger partial charge in [0.2, 0.25) is 0 Å². The number of hydrogen-bond acceptors (Lipinski definition) is 6. The van der Waals surface area contributed by atoms with Gasteiger partial charge >= 0.3 is 29.6 Å². The summed E-state index contributed by atoms with van der Waals surface area (Å²) in [6.45, 7) is 0.618. The third kappa shape index (κ3) is 7.92. The van der Waals surface area contributed by atoms with Crippen molar-refractivity contribution in [3.63, 3.8) is 0 Å². The van der Waals surface area contributed by atoms with Crippen LogP contribution < -0.4 is 54.2 Å². The molecular weight excluding hydrogens is 612 g/mol. The van der Waals surface area contributed by atoms with Crippen molar-refractivity contribution in [1.29, 1.82) is 0 Å². The van der Waals surface area contributed by atoms with Crippen molar-refractivity contribution in [1.82, 2.24) is 5.32 Å². The molecule has 1 N–H and O–H groups in total.